The molecule has 0 radical (unpaired) electrons. The molecular weight excluding hydrogens is 363 g/mol. The Morgan fingerprint density at radius 2 is 1.79 bits per heavy atom. The molecule has 0 atom stereocenters. The molecule has 6 nitrogen and oxygen atoms in total. The van der Waals surface area contributed by atoms with Gasteiger partial charge in [-0.15, -0.1) is 0 Å². The molecule has 0 aliphatic carbocycles. The number of carbonyl (C=O) groups is 1. The number of ether oxygens (including phenoxy) is 2. The van der Waals surface area contributed by atoms with E-state index in [1.54, 1.807) is 24.3 Å². The van der Waals surface area contributed by atoms with Crippen molar-refractivity contribution in [1.29, 1.82) is 0 Å². The summed E-state index contributed by atoms with van der Waals surface area (Å²) in [5, 5.41) is 3.60. The van der Waals surface area contributed by atoms with Crippen molar-refractivity contribution in [1.82, 2.24) is 9.88 Å². The number of fused-ring (bicyclic) bond motifs is 1. The first-order chi connectivity index (χ1) is 13.5. The van der Waals surface area contributed by atoms with Crippen molar-refractivity contribution in [2.75, 3.05) is 14.2 Å². The van der Waals surface area contributed by atoms with E-state index >= 15 is 0 Å². The van der Waals surface area contributed by atoms with Crippen molar-refractivity contribution < 1.29 is 18.7 Å². The summed E-state index contributed by atoms with van der Waals surface area (Å²) in [6, 6.07) is 9.20. The zero-order valence-corrected chi connectivity index (χ0v) is 15.9. The molecule has 7 heteroatoms. The summed E-state index contributed by atoms with van der Waals surface area (Å²) in [7, 11) is 2.97. The molecule has 3 rings (SSSR count). The molecule has 2 aromatic carbocycles. The Morgan fingerprint density at radius 1 is 1.11 bits per heavy atom. The minimum absolute atomic E-state index is 0.163. The molecule has 1 amide bonds. The van der Waals surface area contributed by atoms with Crippen LogP contribution in [0.2, 0.25) is 0 Å². The van der Waals surface area contributed by atoms with Gasteiger partial charge in [-0.2, -0.15) is 0 Å². The Balaban J connectivity index is 2.06. The van der Waals surface area contributed by atoms with E-state index in [1.807, 2.05) is 6.92 Å². The van der Waals surface area contributed by atoms with Gasteiger partial charge >= 0.3 is 0 Å². The molecular formula is C21H21FN2O4. The predicted molar refractivity (Wildman–Crippen MR) is 105 cm³/mol. The molecule has 1 heterocycles. The van der Waals surface area contributed by atoms with Crippen LogP contribution in [0.25, 0.3) is 10.8 Å². The minimum atomic E-state index is -0.372. The Morgan fingerprint density at radius 3 is 2.39 bits per heavy atom. The third kappa shape index (κ3) is 3.69. The summed E-state index contributed by atoms with van der Waals surface area (Å²) in [6.45, 7) is 2.40. The van der Waals surface area contributed by atoms with Gasteiger partial charge in [0, 0.05) is 24.7 Å². The van der Waals surface area contributed by atoms with Crippen molar-refractivity contribution >= 4 is 16.7 Å². The van der Waals surface area contributed by atoms with E-state index in [2.05, 4.69) is 5.32 Å². The molecule has 0 fully saturated rings. The van der Waals surface area contributed by atoms with Crippen molar-refractivity contribution in [3.8, 4) is 11.5 Å². The third-order valence-electron chi connectivity index (χ3n) is 4.52. The fourth-order valence-electron chi connectivity index (χ4n) is 3.06. The van der Waals surface area contributed by atoms with Gasteiger partial charge in [-0.05, 0) is 36.8 Å². The number of methoxy groups -OCH3 is 2. The van der Waals surface area contributed by atoms with E-state index in [0.717, 1.165) is 0 Å². The van der Waals surface area contributed by atoms with E-state index in [9.17, 15) is 14.0 Å². The molecule has 1 aromatic heterocycles. The van der Waals surface area contributed by atoms with Crippen LogP contribution in [0.1, 0.15) is 22.8 Å². The summed E-state index contributed by atoms with van der Waals surface area (Å²) in [4.78, 5) is 25.6. The highest BCUT2D eigenvalue weighted by molar-refractivity contribution is 6.07. The van der Waals surface area contributed by atoms with Gasteiger partial charge in [0.2, 0.25) is 0 Å². The first-order valence-electron chi connectivity index (χ1n) is 8.80. The average molecular weight is 384 g/mol. The van der Waals surface area contributed by atoms with Crippen molar-refractivity contribution in [3.63, 3.8) is 0 Å². The average Bonchev–Trinajstić information content (AvgIpc) is 2.71. The van der Waals surface area contributed by atoms with Crippen LogP contribution in [0.4, 0.5) is 4.39 Å². The molecule has 3 aromatic rings. The van der Waals surface area contributed by atoms with E-state index in [-0.39, 0.29) is 23.8 Å². The summed E-state index contributed by atoms with van der Waals surface area (Å²) in [5.41, 5.74) is 0.745. The van der Waals surface area contributed by atoms with Gasteiger partial charge in [-0.3, -0.25) is 9.59 Å². The van der Waals surface area contributed by atoms with Crippen LogP contribution in [0.15, 0.2) is 47.4 Å². The smallest absolute Gasteiger partial charge is 0.258 e. The van der Waals surface area contributed by atoms with Crippen LogP contribution in [0.3, 0.4) is 0 Å². The lowest BCUT2D eigenvalue weighted by molar-refractivity contribution is 0.0951. The minimum Gasteiger partial charge on any atom is -0.493 e. The highest BCUT2D eigenvalue weighted by Gasteiger charge is 2.18. The largest absolute Gasteiger partial charge is 0.493 e. The Bertz CT molecular complexity index is 1090. The number of aryl methyl sites for hydroxylation is 1. The molecule has 1 N–H and O–H groups in total. The maximum absolute atomic E-state index is 13.3. The molecule has 0 saturated heterocycles. The SMILES string of the molecule is CCn1cc(C(=O)NCc2cccc(F)c2)c2cc(OC)c(OC)cc2c1=O. The quantitative estimate of drug-likeness (QED) is 0.709. The number of aromatic nitrogens is 1. The zero-order valence-electron chi connectivity index (χ0n) is 15.9. The number of pyridine rings is 1. The molecule has 0 saturated carbocycles. The summed E-state index contributed by atoms with van der Waals surface area (Å²) < 4.78 is 25.4. The first-order valence-corrected chi connectivity index (χ1v) is 8.80. The monoisotopic (exact) mass is 384 g/mol. The number of carbonyl (C=O) groups excluding carboxylic acids is 1. The number of nitrogens with zero attached hydrogens (tertiary/aromatic N) is 1. The Hall–Kier alpha value is -3.35. The maximum atomic E-state index is 13.3. The van der Waals surface area contributed by atoms with Gasteiger partial charge in [0.05, 0.1) is 25.2 Å². The van der Waals surface area contributed by atoms with Crippen LogP contribution in [-0.2, 0) is 13.1 Å². The summed E-state index contributed by atoms with van der Waals surface area (Å²) in [5.74, 6) is 0.0899. The van der Waals surface area contributed by atoms with Gasteiger partial charge in [0.1, 0.15) is 5.82 Å². The number of rotatable bonds is 6. The lowest BCUT2D eigenvalue weighted by Crippen LogP contribution is -2.27. The van der Waals surface area contributed by atoms with Gasteiger partial charge in [-0.1, -0.05) is 12.1 Å². The van der Waals surface area contributed by atoms with Gasteiger partial charge < -0.3 is 19.4 Å². The topological polar surface area (TPSA) is 69.6 Å². The van der Waals surface area contributed by atoms with Crippen LogP contribution < -0.4 is 20.3 Å². The number of hydrogen-bond acceptors (Lipinski definition) is 4. The molecule has 28 heavy (non-hydrogen) atoms. The highest BCUT2D eigenvalue weighted by atomic mass is 19.1. The van der Waals surface area contributed by atoms with E-state index in [0.29, 0.717) is 39.9 Å². The fraction of sp³-hybridized carbons (Fsp3) is 0.238. The van der Waals surface area contributed by atoms with Crippen LogP contribution in [0.5, 0.6) is 11.5 Å². The molecule has 0 spiro atoms. The van der Waals surface area contributed by atoms with Gasteiger partial charge in [0.15, 0.2) is 11.5 Å². The van der Waals surface area contributed by atoms with Gasteiger partial charge in [-0.25, -0.2) is 4.39 Å². The predicted octanol–water partition coefficient (Wildman–Crippen LogP) is 3.11. The number of hydrogen-bond donors (Lipinski definition) is 1. The number of amides is 1. The normalized spacial score (nSPS) is 10.7. The van der Waals surface area contributed by atoms with Crippen molar-refractivity contribution in [2.24, 2.45) is 0 Å². The maximum Gasteiger partial charge on any atom is 0.258 e. The molecule has 146 valence electrons. The van der Waals surface area contributed by atoms with E-state index in [1.165, 1.54) is 37.1 Å². The number of halogens is 1. The Kier molecular flexibility index (Phi) is 5.63. The third-order valence-corrected chi connectivity index (χ3v) is 4.52. The number of benzene rings is 2. The van der Waals surface area contributed by atoms with E-state index < -0.39 is 0 Å². The van der Waals surface area contributed by atoms with Crippen LogP contribution in [-0.4, -0.2) is 24.7 Å². The van der Waals surface area contributed by atoms with Crippen molar-refractivity contribution in [3.05, 3.63) is 69.9 Å². The lowest BCUT2D eigenvalue weighted by atomic mass is 10.1. The standard InChI is InChI=1S/C21H21FN2O4/c1-4-24-12-17(20(25)23-11-13-6-5-7-14(22)8-13)15-9-18(27-2)19(28-3)10-16(15)21(24)26/h5-10,12H,4,11H2,1-3H3,(H,23,25). The molecule has 0 aliphatic heterocycles. The molecule has 0 unspecified atom stereocenters. The highest BCUT2D eigenvalue weighted by Crippen LogP contribution is 2.32. The molecule has 0 bridgehead atoms. The van der Waals surface area contributed by atoms with E-state index in [4.69, 9.17) is 9.47 Å². The second-order valence-electron chi connectivity index (χ2n) is 6.20. The lowest BCUT2D eigenvalue weighted by Gasteiger charge is -2.14. The van der Waals surface area contributed by atoms with Gasteiger partial charge in [0.25, 0.3) is 11.5 Å². The zero-order chi connectivity index (χ0) is 20.3. The molecule has 0 aliphatic rings. The summed E-state index contributed by atoms with van der Waals surface area (Å²) >= 11 is 0. The first kappa shape index (κ1) is 19.4. The second kappa shape index (κ2) is 8.12. The summed E-state index contributed by atoms with van der Waals surface area (Å²) in [6.07, 6.45) is 1.53. The van der Waals surface area contributed by atoms with Crippen molar-refractivity contribution in [2.45, 2.75) is 20.0 Å². The Labute approximate surface area is 161 Å². The number of nitrogens with one attached hydrogen (secondary N) is 1. The fourth-order valence-corrected chi connectivity index (χ4v) is 3.06. The second-order valence-corrected chi connectivity index (χ2v) is 6.20. The van der Waals surface area contributed by atoms with Crippen LogP contribution >= 0.6 is 0 Å². The van der Waals surface area contributed by atoms with Crippen LogP contribution in [0, 0.1) is 5.82 Å².